The van der Waals surface area contributed by atoms with Crippen LogP contribution >= 0.6 is 0 Å². The molecule has 1 aliphatic carbocycles. The van der Waals surface area contributed by atoms with Crippen LogP contribution in [-0.2, 0) is 13.6 Å². The third-order valence-electron chi connectivity index (χ3n) is 3.95. The highest BCUT2D eigenvalue weighted by Crippen LogP contribution is 2.36. The maximum absolute atomic E-state index is 12.8. The molecule has 0 saturated heterocycles. The maximum atomic E-state index is 12.8. The third-order valence-corrected chi connectivity index (χ3v) is 3.95. The summed E-state index contributed by atoms with van der Waals surface area (Å²) in [6.45, 7) is 0.810. The standard InChI is InChI=1S/C15H18FN3/c1-19-7-6-17-15(19)10-18-14-8-12(9-14)11-2-4-13(16)5-3-11/h2-7,12,14,18H,8-10H2,1H3. The smallest absolute Gasteiger partial charge is 0.123 e. The van der Waals surface area contributed by atoms with Crippen molar-refractivity contribution in [2.24, 2.45) is 7.05 Å². The number of rotatable bonds is 4. The van der Waals surface area contributed by atoms with Crippen molar-refractivity contribution in [1.29, 1.82) is 0 Å². The molecule has 1 aromatic carbocycles. The maximum Gasteiger partial charge on any atom is 0.123 e. The molecule has 100 valence electrons. The minimum absolute atomic E-state index is 0.160. The quantitative estimate of drug-likeness (QED) is 0.914. The van der Waals surface area contributed by atoms with Gasteiger partial charge in [-0.1, -0.05) is 12.1 Å². The molecule has 4 heteroatoms. The SMILES string of the molecule is Cn1ccnc1CNC1CC(c2ccc(F)cc2)C1. The average Bonchev–Trinajstić information content (AvgIpc) is 2.75. The van der Waals surface area contributed by atoms with Crippen molar-refractivity contribution in [3.63, 3.8) is 0 Å². The Morgan fingerprint density at radius 3 is 2.68 bits per heavy atom. The first-order valence-corrected chi connectivity index (χ1v) is 6.67. The first-order chi connectivity index (χ1) is 9.22. The van der Waals surface area contributed by atoms with Crippen LogP contribution in [0.1, 0.15) is 30.1 Å². The molecule has 1 fully saturated rings. The summed E-state index contributed by atoms with van der Waals surface area (Å²) in [6.07, 6.45) is 6.02. The zero-order chi connectivity index (χ0) is 13.2. The predicted octanol–water partition coefficient (Wildman–Crippen LogP) is 2.60. The summed E-state index contributed by atoms with van der Waals surface area (Å²) in [5.41, 5.74) is 1.25. The van der Waals surface area contributed by atoms with Crippen LogP contribution in [0.15, 0.2) is 36.7 Å². The molecule has 0 aliphatic heterocycles. The number of halogens is 1. The first kappa shape index (κ1) is 12.4. The van der Waals surface area contributed by atoms with Crippen LogP contribution in [0.2, 0.25) is 0 Å². The fourth-order valence-electron chi connectivity index (χ4n) is 2.59. The van der Waals surface area contributed by atoms with Crippen molar-refractivity contribution >= 4 is 0 Å². The summed E-state index contributed by atoms with van der Waals surface area (Å²) in [5, 5.41) is 3.52. The van der Waals surface area contributed by atoms with Crippen molar-refractivity contribution in [3.05, 3.63) is 53.9 Å². The molecule has 2 aromatic rings. The van der Waals surface area contributed by atoms with Gasteiger partial charge in [-0.15, -0.1) is 0 Å². The first-order valence-electron chi connectivity index (χ1n) is 6.67. The highest BCUT2D eigenvalue weighted by molar-refractivity contribution is 5.23. The van der Waals surface area contributed by atoms with Crippen molar-refractivity contribution < 1.29 is 4.39 Å². The minimum atomic E-state index is -0.160. The molecular formula is C15H18FN3. The van der Waals surface area contributed by atoms with Crippen LogP contribution in [0.3, 0.4) is 0 Å². The van der Waals surface area contributed by atoms with Gasteiger partial charge in [-0.05, 0) is 36.5 Å². The number of aryl methyl sites for hydroxylation is 1. The van der Waals surface area contributed by atoms with Crippen LogP contribution in [0.25, 0.3) is 0 Å². The van der Waals surface area contributed by atoms with E-state index in [9.17, 15) is 4.39 Å². The molecule has 1 aromatic heterocycles. The Labute approximate surface area is 112 Å². The van der Waals surface area contributed by atoms with Gasteiger partial charge in [0, 0.05) is 25.5 Å². The van der Waals surface area contributed by atoms with Crippen LogP contribution in [0.5, 0.6) is 0 Å². The Bertz CT molecular complexity index is 541. The number of imidazole rings is 1. The lowest BCUT2D eigenvalue weighted by Gasteiger charge is -2.36. The van der Waals surface area contributed by atoms with E-state index in [-0.39, 0.29) is 5.82 Å². The molecule has 3 rings (SSSR count). The van der Waals surface area contributed by atoms with E-state index in [4.69, 9.17) is 0 Å². The highest BCUT2D eigenvalue weighted by atomic mass is 19.1. The van der Waals surface area contributed by atoms with E-state index >= 15 is 0 Å². The summed E-state index contributed by atoms with van der Waals surface area (Å²) < 4.78 is 14.9. The van der Waals surface area contributed by atoms with E-state index in [0.717, 1.165) is 25.2 Å². The normalized spacial score (nSPS) is 22.2. The lowest BCUT2D eigenvalue weighted by molar-refractivity contribution is 0.286. The van der Waals surface area contributed by atoms with E-state index in [1.165, 1.54) is 5.56 Å². The zero-order valence-electron chi connectivity index (χ0n) is 11.0. The molecule has 1 saturated carbocycles. The topological polar surface area (TPSA) is 29.9 Å². The van der Waals surface area contributed by atoms with E-state index in [0.29, 0.717) is 12.0 Å². The number of aromatic nitrogens is 2. The van der Waals surface area contributed by atoms with Gasteiger partial charge in [0.15, 0.2) is 0 Å². The van der Waals surface area contributed by atoms with E-state index < -0.39 is 0 Å². The van der Waals surface area contributed by atoms with Gasteiger partial charge in [0.2, 0.25) is 0 Å². The van der Waals surface area contributed by atoms with Gasteiger partial charge in [0.05, 0.1) is 6.54 Å². The Hall–Kier alpha value is -1.68. The van der Waals surface area contributed by atoms with E-state index in [1.807, 2.05) is 36.1 Å². The number of nitrogens with one attached hydrogen (secondary N) is 1. The lowest BCUT2D eigenvalue weighted by Crippen LogP contribution is -2.40. The van der Waals surface area contributed by atoms with Gasteiger partial charge >= 0.3 is 0 Å². The average molecular weight is 259 g/mol. The largest absolute Gasteiger partial charge is 0.337 e. The summed E-state index contributed by atoms with van der Waals surface area (Å²) in [7, 11) is 2.01. The van der Waals surface area contributed by atoms with Crippen LogP contribution < -0.4 is 5.32 Å². The molecule has 1 heterocycles. The van der Waals surface area contributed by atoms with Crippen molar-refractivity contribution in [2.75, 3.05) is 0 Å². The highest BCUT2D eigenvalue weighted by Gasteiger charge is 2.29. The fourth-order valence-corrected chi connectivity index (χ4v) is 2.59. The molecular weight excluding hydrogens is 241 g/mol. The van der Waals surface area contributed by atoms with Crippen molar-refractivity contribution in [2.45, 2.75) is 31.3 Å². The summed E-state index contributed by atoms with van der Waals surface area (Å²) in [6, 6.07) is 7.43. The van der Waals surface area contributed by atoms with Crippen molar-refractivity contribution in [3.8, 4) is 0 Å². The molecule has 1 N–H and O–H groups in total. The monoisotopic (exact) mass is 259 g/mol. The summed E-state index contributed by atoms with van der Waals surface area (Å²) >= 11 is 0. The Kier molecular flexibility index (Phi) is 3.34. The molecule has 0 bridgehead atoms. The second-order valence-corrected chi connectivity index (χ2v) is 5.25. The van der Waals surface area contributed by atoms with Crippen molar-refractivity contribution in [1.82, 2.24) is 14.9 Å². The van der Waals surface area contributed by atoms with Gasteiger partial charge in [-0.2, -0.15) is 0 Å². The van der Waals surface area contributed by atoms with Gasteiger partial charge in [-0.25, -0.2) is 9.37 Å². The number of benzene rings is 1. The second-order valence-electron chi connectivity index (χ2n) is 5.25. The predicted molar refractivity (Wildman–Crippen MR) is 72.2 cm³/mol. The molecule has 0 radical (unpaired) electrons. The number of hydrogen-bond acceptors (Lipinski definition) is 2. The Balaban J connectivity index is 1.48. The number of hydrogen-bond donors (Lipinski definition) is 1. The van der Waals surface area contributed by atoms with Crippen LogP contribution in [0, 0.1) is 5.82 Å². The molecule has 1 aliphatic rings. The second kappa shape index (κ2) is 5.13. The summed E-state index contributed by atoms with van der Waals surface area (Å²) in [4.78, 5) is 4.29. The molecule has 0 unspecified atom stereocenters. The summed E-state index contributed by atoms with van der Waals surface area (Å²) in [5.74, 6) is 1.47. The molecule has 0 spiro atoms. The van der Waals surface area contributed by atoms with Gasteiger partial charge in [-0.3, -0.25) is 0 Å². The zero-order valence-corrected chi connectivity index (χ0v) is 11.0. The molecule has 0 amide bonds. The Morgan fingerprint density at radius 2 is 2.05 bits per heavy atom. The fraction of sp³-hybridized carbons (Fsp3) is 0.400. The minimum Gasteiger partial charge on any atom is -0.337 e. The van der Waals surface area contributed by atoms with Crippen LogP contribution in [0.4, 0.5) is 4.39 Å². The van der Waals surface area contributed by atoms with Gasteiger partial charge in [0.1, 0.15) is 11.6 Å². The molecule has 0 atom stereocenters. The van der Waals surface area contributed by atoms with Gasteiger partial charge in [0.25, 0.3) is 0 Å². The lowest BCUT2D eigenvalue weighted by atomic mass is 9.76. The van der Waals surface area contributed by atoms with E-state index in [1.54, 1.807) is 12.1 Å². The molecule has 19 heavy (non-hydrogen) atoms. The number of nitrogens with zero attached hydrogens (tertiary/aromatic N) is 2. The molecule has 3 nitrogen and oxygen atoms in total. The Morgan fingerprint density at radius 1 is 1.32 bits per heavy atom. The van der Waals surface area contributed by atoms with E-state index in [2.05, 4.69) is 10.3 Å². The third kappa shape index (κ3) is 2.68. The van der Waals surface area contributed by atoms with Crippen LogP contribution in [-0.4, -0.2) is 15.6 Å². The van der Waals surface area contributed by atoms with Gasteiger partial charge < -0.3 is 9.88 Å².